The zero-order valence-corrected chi connectivity index (χ0v) is 13.0. The molecule has 1 aliphatic carbocycles. The molecule has 20 heavy (non-hydrogen) atoms. The first kappa shape index (κ1) is 15.3. The first-order valence-electron chi connectivity index (χ1n) is 6.75. The minimum absolute atomic E-state index is 0.110. The number of ether oxygens (including phenoxy) is 2. The Labute approximate surface area is 123 Å². The standard InChI is InChI=1S/C14H22N2O3S/c1-10(6-11-4-5-20-9-11)15-13(17)16-12-7-14(8-12,18-2)19-3/h4-5,9-10,12H,6-8H2,1-3H3,(H2,15,16,17). The molecule has 0 aliphatic heterocycles. The Morgan fingerprint density at radius 3 is 2.75 bits per heavy atom. The molecule has 1 unspecified atom stereocenters. The first-order chi connectivity index (χ1) is 9.57. The van der Waals surface area contributed by atoms with E-state index in [1.807, 2.05) is 12.3 Å². The van der Waals surface area contributed by atoms with E-state index in [9.17, 15) is 4.79 Å². The lowest BCUT2D eigenvalue weighted by atomic mass is 9.85. The van der Waals surface area contributed by atoms with Gasteiger partial charge in [0.15, 0.2) is 5.79 Å². The molecule has 1 aromatic rings. The molecule has 1 saturated carbocycles. The lowest BCUT2D eigenvalue weighted by Crippen LogP contribution is -2.59. The Balaban J connectivity index is 1.69. The van der Waals surface area contributed by atoms with Crippen molar-refractivity contribution in [3.8, 4) is 0 Å². The zero-order chi connectivity index (χ0) is 14.6. The van der Waals surface area contributed by atoms with E-state index in [4.69, 9.17) is 9.47 Å². The molecule has 6 heteroatoms. The Bertz CT molecular complexity index is 424. The fourth-order valence-electron chi connectivity index (χ4n) is 2.47. The molecule has 0 spiro atoms. The van der Waals surface area contributed by atoms with Crippen LogP contribution in [0.4, 0.5) is 4.79 Å². The van der Waals surface area contributed by atoms with Gasteiger partial charge in [0.25, 0.3) is 0 Å². The van der Waals surface area contributed by atoms with Gasteiger partial charge in [-0.25, -0.2) is 4.79 Å². The first-order valence-corrected chi connectivity index (χ1v) is 7.69. The van der Waals surface area contributed by atoms with E-state index in [0.717, 1.165) is 6.42 Å². The highest BCUT2D eigenvalue weighted by atomic mass is 32.1. The van der Waals surface area contributed by atoms with Gasteiger partial charge in [-0.2, -0.15) is 11.3 Å². The van der Waals surface area contributed by atoms with Crippen LogP contribution in [0.15, 0.2) is 16.8 Å². The van der Waals surface area contributed by atoms with E-state index in [0.29, 0.717) is 12.8 Å². The largest absolute Gasteiger partial charge is 0.353 e. The zero-order valence-electron chi connectivity index (χ0n) is 12.1. The third kappa shape index (κ3) is 3.71. The van der Waals surface area contributed by atoms with Crippen LogP contribution < -0.4 is 10.6 Å². The average Bonchev–Trinajstić information content (AvgIpc) is 2.85. The van der Waals surface area contributed by atoms with Crippen LogP contribution in [0.1, 0.15) is 25.3 Å². The number of rotatable bonds is 6. The number of carbonyl (C=O) groups is 1. The summed E-state index contributed by atoms with van der Waals surface area (Å²) in [4.78, 5) is 11.9. The number of hydrogen-bond acceptors (Lipinski definition) is 4. The highest BCUT2D eigenvalue weighted by molar-refractivity contribution is 7.07. The van der Waals surface area contributed by atoms with Gasteiger partial charge >= 0.3 is 6.03 Å². The van der Waals surface area contributed by atoms with Crippen LogP contribution in [0.3, 0.4) is 0 Å². The molecule has 0 radical (unpaired) electrons. The topological polar surface area (TPSA) is 59.6 Å². The van der Waals surface area contributed by atoms with Gasteiger partial charge in [-0.1, -0.05) is 0 Å². The summed E-state index contributed by atoms with van der Waals surface area (Å²) in [6.45, 7) is 2.01. The van der Waals surface area contributed by atoms with E-state index >= 15 is 0 Å². The van der Waals surface area contributed by atoms with Gasteiger partial charge in [-0.3, -0.25) is 0 Å². The molecule has 0 aromatic carbocycles. The van der Waals surface area contributed by atoms with Gasteiger partial charge in [-0.15, -0.1) is 0 Å². The molecule has 5 nitrogen and oxygen atoms in total. The van der Waals surface area contributed by atoms with Gasteiger partial charge in [-0.05, 0) is 35.7 Å². The quantitative estimate of drug-likeness (QED) is 0.791. The van der Waals surface area contributed by atoms with Crippen LogP contribution in [0.5, 0.6) is 0 Å². The predicted molar refractivity (Wildman–Crippen MR) is 78.9 cm³/mol. The Morgan fingerprint density at radius 1 is 1.50 bits per heavy atom. The average molecular weight is 298 g/mol. The lowest BCUT2D eigenvalue weighted by molar-refractivity contribution is -0.258. The molecule has 112 valence electrons. The summed E-state index contributed by atoms with van der Waals surface area (Å²) in [5, 5.41) is 10.0. The summed E-state index contributed by atoms with van der Waals surface area (Å²) < 4.78 is 10.6. The maximum absolute atomic E-state index is 11.9. The molecule has 1 atom stereocenters. The Hall–Kier alpha value is -1.11. The van der Waals surface area contributed by atoms with Crippen LogP contribution in [0.2, 0.25) is 0 Å². The molecular weight excluding hydrogens is 276 g/mol. The van der Waals surface area contributed by atoms with Gasteiger partial charge < -0.3 is 20.1 Å². The van der Waals surface area contributed by atoms with E-state index in [1.165, 1.54) is 5.56 Å². The summed E-state index contributed by atoms with van der Waals surface area (Å²) in [6, 6.07) is 2.18. The smallest absolute Gasteiger partial charge is 0.315 e. The number of thiophene rings is 1. The van der Waals surface area contributed by atoms with E-state index < -0.39 is 5.79 Å². The number of carbonyl (C=O) groups excluding carboxylic acids is 1. The second kappa shape index (κ2) is 6.56. The molecule has 2 rings (SSSR count). The molecular formula is C14H22N2O3S. The van der Waals surface area contributed by atoms with Crippen molar-refractivity contribution in [2.45, 2.75) is 44.1 Å². The minimum atomic E-state index is -0.514. The van der Waals surface area contributed by atoms with Crippen molar-refractivity contribution in [1.29, 1.82) is 0 Å². The predicted octanol–water partition coefficient (Wildman–Crippen LogP) is 2.13. The fourth-order valence-corrected chi connectivity index (χ4v) is 3.16. The van der Waals surface area contributed by atoms with Crippen LogP contribution in [-0.4, -0.2) is 38.1 Å². The van der Waals surface area contributed by atoms with E-state index in [1.54, 1.807) is 25.6 Å². The van der Waals surface area contributed by atoms with Crippen molar-refractivity contribution in [3.63, 3.8) is 0 Å². The molecule has 1 aliphatic rings. The summed E-state index contributed by atoms with van der Waals surface area (Å²) >= 11 is 1.67. The number of amides is 2. The normalized spacial score (nSPS) is 19.1. The van der Waals surface area contributed by atoms with E-state index in [-0.39, 0.29) is 18.1 Å². The van der Waals surface area contributed by atoms with Crippen LogP contribution in [-0.2, 0) is 15.9 Å². The summed E-state index contributed by atoms with van der Waals surface area (Å²) in [7, 11) is 3.26. The van der Waals surface area contributed by atoms with Crippen molar-refractivity contribution < 1.29 is 14.3 Å². The Kier molecular flexibility index (Phi) is 5.01. The molecule has 0 saturated heterocycles. The highest BCUT2D eigenvalue weighted by Gasteiger charge is 2.45. The molecule has 2 N–H and O–H groups in total. The summed E-state index contributed by atoms with van der Waals surface area (Å²) in [5.41, 5.74) is 1.25. The number of urea groups is 1. The van der Waals surface area contributed by atoms with Crippen molar-refractivity contribution in [1.82, 2.24) is 10.6 Å². The van der Waals surface area contributed by atoms with E-state index in [2.05, 4.69) is 22.1 Å². The van der Waals surface area contributed by atoms with Crippen molar-refractivity contribution in [3.05, 3.63) is 22.4 Å². The summed E-state index contributed by atoms with van der Waals surface area (Å²) in [6.07, 6.45) is 2.22. The van der Waals surface area contributed by atoms with Crippen LogP contribution in [0.25, 0.3) is 0 Å². The maximum Gasteiger partial charge on any atom is 0.315 e. The lowest BCUT2D eigenvalue weighted by Gasteiger charge is -2.45. The highest BCUT2D eigenvalue weighted by Crippen LogP contribution is 2.35. The second-order valence-electron chi connectivity index (χ2n) is 5.28. The van der Waals surface area contributed by atoms with Crippen LogP contribution >= 0.6 is 11.3 Å². The molecule has 2 amide bonds. The van der Waals surface area contributed by atoms with Crippen molar-refractivity contribution >= 4 is 17.4 Å². The second-order valence-corrected chi connectivity index (χ2v) is 6.06. The van der Waals surface area contributed by atoms with Gasteiger partial charge in [0.2, 0.25) is 0 Å². The van der Waals surface area contributed by atoms with Crippen molar-refractivity contribution in [2.75, 3.05) is 14.2 Å². The Morgan fingerprint density at radius 2 is 2.20 bits per heavy atom. The van der Waals surface area contributed by atoms with Crippen LogP contribution in [0, 0.1) is 0 Å². The summed E-state index contributed by atoms with van der Waals surface area (Å²) in [5.74, 6) is -0.514. The SMILES string of the molecule is COC1(OC)CC(NC(=O)NC(C)Cc2ccsc2)C1. The molecule has 0 bridgehead atoms. The number of hydrogen-bond donors (Lipinski definition) is 2. The monoisotopic (exact) mass is 298 g/mol. The van der Waals surface area contributed by atoms with Crippen molar-refractivity contribution in [2.24, 2.45) is 0 Å². The minimum Gasteiger partial charge on any atom is -0.353 e. The number of nitrogens with one attached hydrogen (secondary N) is 2. The molecule has 1 aromatic heterocycles. The number of methoxy groups -OCH3 is 2. The van der Waals surface area contributed by atoms with Gasteiger partial charge in [0.1, 0.15) is 0 Å². The molecule has 1 fully saturated rings. The van der Waals surface area contributed by atoms with Gasteiger partial charge in [0, 0.05) is 39.1 Å². The fraction of sp³-hybridized carbons (Fsp3) is 0.643. The third-order valence-electron chi connectivity index (χ3n) is 3.69. The van der Waals surface area contributed by atoms with Gasteiger partial charge in [0.05, 0.1) is 0 Å². The third-order valence-corrected chi connectivity index (χ3v) is 4.43. The maximum atomic E-state index is 11.9. The molecule has 1 heterocycles.